The minimum absolute atomic E-state index is 0.414. The number of hydrogen-bond donors (Lipinski definition) is 1. The van der Waals surface area contributed by atoms with Gasteiger partial charge in [-0.15, -0.1) is 0 Å². The fourth-order valence-electron chi connectivity index (χ4n) is 0.768. The molecule has 0 radical (unpaired) electrons. The Hall–Kier alpha value is -0.765. The fourth-order valence-corrected chi connectivity index (χ4v) is 1.34. The van der Waals surface area contributed by atoms with Crippen molar-refractivity contribution in [3.05, 3.63) is 24.3 Å². The molecule has 10 heavy (non-hydrogen) atoms. The van der Waals surface area contributed by atoms with Crippen molar-refractivity contribution in [3.8, 4) is 0 Å². The van der Waals surface area contributed by atoms with E-state index in [1.807, 2.05) is 6.07 Å². The van der Waals surface area contributed by atoms with Crippen molar-refractivity contribution in [2.24, 2.45) is 0 Å². The first-order chi connectivity index (χ1) is 4.72. The summed E-state index contributed by atoms with van der Waals surface area (Å²) in [4.78, 5) is 0.414. The first-order valence-corrected chi connectivity index (χ1v) is 4.09. The minimum Gasteiger partial charge on any atom is -0.227 e. The van der Waals surface area contributed by atoms with E-state index in [9.17, 15) is 8.42 Å². The topological polar surface area (TPSA) is 34.1 Å². The quantitative estimate of drug-likeness (QED) is 0.412. The van der Waals surface area contributed by atoms with Crippen LogP contribution >= 0.6 is 0 Å². The molecular weight excluding hydrogens is 147 g/mol. The van der Waals surface area contributed by atoms with E-state index < -0.39 is 10.7 Å². The maximum Gasteiger partial charge on any atom is 0.167 e. The van der Waals surface area contributed by atoms with Gasteiger partial charge in [0.2, 0.25) is 0 Å². The third-order valence-corrected chi connectivity index (χ3v) is 2.21. The zero-order valence-electron chi connectivity index (χ0n) is 5.57. The molecule has 0 aromatic heterocycles. The lowest BCUT2D eigenvalue weighted by atomic mass is 9.97. The van der Waals surface area contributed by atoms with Gasteiger partial charge in [-0.3, -0.25) is 0 Å². The van der Waals surface area contributed by atoms with E-state index in [1.54, 1.807) is 26.0 Å². The van der Waals surface area contributed by atoms with Crippen LogP contribution in [0.2, 0.25) is 0 Å². The van der Waals surface area contributed by atoms with Crippen LogP contribution in [-0.4, -0.2) is 16.3 Å². The highest BCUT2D eigenvalue weighted by molar-refractivity contribution is 7.72. The summed E-state index contributed by atoms with van der Waals surface area (Å²) in [6, 6.07) is 6.91. The Kier molecular flexibility index (Phi) is 2.11. The molecule has 0 aliphatic rings. The van der Waals surface area contributed by atoms with E-state index in [2.05, 4.69) is 0 Å². The Morgan fingerprint density at radius 1 is 1.20 bits per heavy atom. The summed E-state index contributed by atoms with van der Waals surface area (Å²) in [5.74, 6) is 0. The summed E-state index contributed by atoms with van der Waals surface area (Å²) in [5.41, 5.74) is 0.804. The van der Waals surface area contributed by atoms with Gasteiger partial charge in [-0.2, -0.15) is 0 Å². The van der Waals surface area contributed by atoms with Gasteiger partial charge in [-0.1, -0.05) is 23.7 Å². The van der Waals surface area contributed by atoms with Crippen LogP contribution < -0.4 is 5.46 Å². The van der Waals surface area contributed by atoms with Gasteiger partial charge in [0.15, 0.2) is 10.7 Å². The maximum atomic E-state index is 10.5. The zero-order valence-corrected chi connectivity index (χ0v) is 6.47. The van der Waals surface area contributed by atoms with Gasteiger partial charge in [0.05, 0.1) is 4.90 Å². The van der Waals surface area contributed by atoms with E-state index in [-0.39, 0.29) is 0 Å². The van der Waals surface area contributed by atoms with Crippen molar-refractivity contribution >= 4 is 24.0 Å². The van der Waals surface area contributed by atoms with Gasteiger partial charge < -0.3 is 0 Å². The smallest absolute Gasteiger partial charge is 0.167 e. The van der Waals surface area contributed by atoms with Gasteiger partial charge in [0.1, 0.15) is 7.85 Å². The molecule has 0 aliphatic heterocycles. The number of hydrogen-bond acceptors (Lipinski definition) is 2. The number of benzene rings is 1. The lowest BCUT2D eigenvalue weighted by molar-refractivity contribution is 0.615. The first kappa shape index (κ1) is 7.34. The van der Waals surface area contributed by atoms with E-state index >= 15 is 0 Å². The SMILES string of the molecule is Bc1ccccc1[SH](=O)=O. The van der Waals surface area contributed by atoms with Crippen LogP contribution in [-0.2, 0) is 10.7 Å². The largest absolute Gasteiger partial charge is 0.227 e. The summed E-state index contributed by atoms with van der Waals surface area (Å²) in [6.45, 7) is 0. The monoisotopic (exact) mass is 154 g/mol. The minimum atomic E-state index is -2.42. The molecule has 0 aliphatic carbocycles. The molecule has 0 saturated carbocycles. The summed E-state index contributed by atoms with van der Waals surface area (Å²) in [7, 11) is -0.638. The van der Waals surface area contributed by atoms with Crippen LogP contribution in [0.3, 0.4) is 0 Å². The van der Waals surface area contributed by atoms with E-state index in [1.165, 1.54) is 0 Å². The molecule has 0 N–H and O–H groups in total. The molecule has 1 rings (SSSR count). The van der Waals surface area contributed by atoms with Crippen molar-refractivity contribution in [2.45, 2.75) is 4.90 Å². The maximum absolute atomic E-state index is 10.5. The highest BCUT2D eigenvalue weighted by Gasteiger charge is 1.95. The van der Waals surface area contributed by atoms with Crippen LogP contribution in [0, 0.1) is 0 Å². The van der Waals surface area contributed by atoms with Gasteiger partial charge in [0.25, 0.3) is 0 Å². The average Bonchev–Trinajstić information content (AvgIpc) is 1.88. The van der Waals surface area contributed by atoms with Gasteiger partial charge >= 0.3 is 0 Å². The van der Waals surface area contributed by atoms with Gasteiger partial charge in [-0.25, -0.2) is 8.42 Å². The average molecular weight is 154 g/mol. The second-order valence-electron chi connectivity index (χ2n) is 2.04. The van der Waals surface area contributed by atoms with Crippen LogP contribution in [0.25, 0.3) is 0 Å². The molecule has 0 unspecified atom stereocenters. The standard InChI is InChI=1S/C6H7BO2S/c7-5-3-1-2-4-6(5)10(8)9/h1-4,10H,7H2. The van der Waals surface area contributed by atoms with Crippen molar-refractivity contribution < 1.29 is 8.42 Å². The van der Waals surface area contributed by atoms with Crippen LogP contribution in [0.4, 0.5) is 0 Å². The Bertz CT molecular complexity index is 298. The van der Waals surface area contributed by atoms with Crippen LogP contribution in [0.5, 0.6) is 0 Å². The Labute approximate surface area is 62.2 Å². The van der Waals surface area contributed by atoms with Crippen molar-refractivity contribution in [2.75, 3.05) is 0 Å². The molecule has 0 spiro atoms. The van der Waals surface area contributed by atoms with Crippen molar-refractivity contribution in [3.63, 3.8) is 0 Å². The molecule has 1 aromatic carbocycles. The predicted molar refractivity (Wildman–Crippen MR) is 43.2 cm³/mol. The summed E-state index contributed by atoms with van der Waals surface area (Å²) < 4.78 is 20.9. The molecule has 0 amide bonds. The van der Waals surface area contributed by atoms with Crippen LogP contribution in [0.15, 0.2) is 29.2 Å². The molecule has 0 saturated heterocycles. The van der Waals surface area contributed by atoms with Crippen molar-refractivity contribution in [1.82, 2.24) is 0 Å². The van der Waals surface area contributed by atoms with E-state index in [4.69, 9.17) is 0 Å². The normalized spacial score (nSPS) is 10.1. The number of thiol groups is 1. The molecule has 0 bridgehead atoms. The number of rotatable bonds is 1. The lowest BCUT2D eigenvalue weighted by Crippen LogP contribution is -2.07. The van der Waals surface area contributed by atoms with Gasteiger partial charge in [0, 0.05) is 0 Å². The summed E-state index contributed by atoms with van der Waals surface area (Å²) in [5, 5.41) is 0. The molecule has 0 heterocycles. The Morgan fingerprint density at radius 3 is 2.20 bits per heavy atom. The predicted octanol–water partition coefficient (Wildman–Crippen LogP) is -1.08. The lowest BCUT2D eigenvalue weighted by Gasteiger charge is -1.93. The fraction of sp³-hybridized carbons (Fsp3) is 0. The summed E-state index contributed by atoms with van der Waals surface area (Å²) >= 11 is 0. The molecule has 1 aromatic rings. The Balaban J connectivity index is 3.28. The third kappa shape index (κ3) is 1.39. The molecule has 4 heteroatoms. The highest BCUT2D eigenvalue weighted by Crippen LogP contribution is 1.94. The van der Waals surface area contributed by atoms with Crippen LogP contribution in [0.1, 0.15) is 0 Å². The van der Waals surface area contributed by atoms with E-state index in [0.717, 1.165) is 5.46 Å². The molecule has 0 fully saturated rings. The van der Waals surface area contributed by atoms with E-state index in [0.29, 0.717) is 4.90 Å². The molecule has 2 nitrogen and oxygen atoms in total. The second-order valence-corrected chi connectivity index (χ2v) is 3.04. The Morgan fingerprint density at radius 2 is 1.80 bits per heavy atom. The first-order valence-electron chi connectivity index (χ1n) is 2.92. The highest BCUT2D eigenvalue weighted by atomic mass is 32.2. The molecule has 52 valence electrons. The third-order valence-electron chi connectivity index (χ3n) is 1.31. The second kappa shape index (κ2) is 2.88. The van der Waals surface area contributed by atoms with Crippen molar-refractivity contribution in [1.29, 1.82) is 0 Å². The molecular formula is C6H7BO2S. The molecule has 0 atom stereocenters. The summed E-state index contributed by atoms with van der Waals surface area (Å²) in [6.07, 6.45) is 0. The zero-order chi connectivity index (χ0) is 7.56. The van der Waals surface area contributed by atoms with Gasteiger partial charge in [-0.05, 0) is 6.07 Å².